The van der Waals surface area contributed by atoms with Gasteiger partial charge in [-0.3, -0.25) is 0 Å². The smallest absolute Gasteiger partial charge is 0.119 e. The minimum Gasteiger partial charge on any atom is -0.303 e. The number of carbonyl (C=O) groups excluding carboxylic acids is 1. The quantitative estimate of drug-likeness (QED) is 0.348. The molecule has 2 nitrogen and oxygen atoms in total. The van der Waals surface area contributed by atoms with Gasteiger partial charge >= 0.3 is 0 Å². The molecule has 0 aromatic carbocycles. The summed E-state index contributed by atoms with van der Waals surface area (Å²) < 4.78 is 0. The molecule has 8 heavy (non-hydrogen) atoms. The van der Waals surface area contributed by atoms with Gasteiger partial charge in [-0.15, -0.1) is 0 Å². The van der Waals surface area contributed by atoms with Crippen molar-refractivity contribution in [3.8, 4) is 0 Å². The number of nitrogens with one attached hydrogen (secondary N) is 1. The van der Waals surface area contributed by atoms with E-state index in [1.165, 1.54) is 0 Å². The Hall–Kier alpha value is -0.0800. The second kappa shape index (κ2) is 6.92. The van der Waals surface area contributed by atoms with Crippen molar-refractivity contribution in [3.63, 3.8) is 0 Å². The van der Waals surface area contributed by atoms with E-state index in [2.05, 4.69) is 4.84 Å². The van der Waals surface area contributed by atoms with Crippen molar-refractivity contribution in [1.29, 1.82) is 0 Å². The molecule has 0 saturated carbocycles. The summed E-state index contributed by atoms with van der Waals surface area (Å²) in [6.45, 7) is 0.787. The van der Waals surface area contributed by atoms with Crippen molar-refractivity contribution in [2.24, 2.45) is 0 Å². The van der Waals surface area contributed by atoms with Crippen LogP contribution >= 0.6 is 11.8 Å². The normalized spacial score (nSPS) is 9.12. The zero-order valence-corrected chi connectivity index (χ0v) is 5.45. The van der Waals surface area contributed by atoms with Crippen LogP contribution in [-0.4, -0.2) is 12.8 Å². The number of hydrogen-bond acceptors (Lipinski definition) is 2. The second-order valence-corrected chi connectivity index (χ2v) is 1.81. The Labute approximate surface area is 54.3 Å². The van der Waals surface area contributed by atoms with E-state index in [1.54, 1.807) is 0 Å². The average Bonchev–Trinajstić information content (AvgIpc) is 1.81. The highest BCUT2D eigenvalue weighted by molar-refractivity contribution is 6.13. The van der Waals surface area contributed by atoms with Crippen LogP contribution in [0, 0.1) is 0 Å². The molecule has 0 aromatic rings. The molecule has 0 aromatic heterocycles. The minimum atomic E-state index is 0.651. The van der Waals surface area contributed by atoms with Gasteiger partial charge in [-0.25, -0.2) is 4.84 Å². The predicted molar refractivity (Wildman–Crippen MR) is 33.8 cm³/mol. The van der Waals surface area contributed by atoms with E-state index in [4.69, 9.17) is 11.8 Å². The van der Waals surface area contributed by atoms with Gasteiger partial charge in [0.05, 0.1) is 0 Å². The van der Waals surface area contributed by atoms with E-state index in [1.807, 2.05) is 0 Å². The lowest BCUT2D eigenvalue weighted by atomic mass is 10.2. The number of halogens is 1. The zero-order chi connectivity index (χ0) is 6.24. The van der Waals surface area contributed by atoms with Gasteiger partial charge in [-0.1, -0.05) is 0 Å². The van der Waals surface area contributed by atoms with Crippen molar-refractivity contribution in [2.45, 2.75) is 19.3 Å². The summed E-state index contributed by atoms with van der Waals surface area (Å²) in [5, 5.41) is 0. The Morgan fingerprint density at radius 2 is 2.25 bits per heavy atom. The van der Waals surface area contributed by atoms with Gasteiger partial charge in [0, 0.05) is 13.0 Å². The summed E-state index contributed by atoms with van der Waals surface area (Å²) >= 11 is 5.14. The Bertz CT molecular complexity index is 58.4. The van der Waals surface area contributed by atoms with Gasteiger partial charge in [0.25, 0.3) is 0 Å². The van der Waals surface area contributed by atoms with Crippen LogP contribution in [0.25, 0.3) is 0 Å². The summed E-state index contributed by atoms with van der Waals surface area (Å²) in [5.74, 6) is 0. The lowest BCUT2D eigenvalue weighted by molar-refractivity contribution is -0.107. The van der Waals surface area contributed by atoms with Crippen molar-refractivity contribution < 1.29 is 4.79 Å². The van der Waals surface area contributed by atoms with Gasteiger partial charge in [-0.2, -0.15) is 0 Å². The van der Waals surface area contributed by atoms with Crippen molar-refractivity contribution in [3.05, 3.63) is 0 Å². The zero-order valence-electron chi connectivity index (χ0n) is 4.69. The van der Waals surface area contributed by atoms with Crippen LogP contribution in [0.15, 0.2) is 0 Å². The highest BCUT2D eigenvalue weighted by Crippen LogP contribution is 1.89. The summed E-state index contributed by atoms with van der Waals surface area (Å²) in [7, 11) is 0. The van der Waals surface area contributed by atoms with Crippen molar-refractivity contribution in [2.75, 3.05) is 6.54 Å². The maximum absolute atomic E-state index is 9.71. The number of hydrogen-bond donors (Lipinski definition) is 1. The van der Waals surface area contributed by atoms with E-state index in [0.717, 1.165) is 25.7 Å². The molecule has 0 bridgehead atoms. The molecule has 0 atom stereocenters. The second-order valence-electron chi connectivity index (χ2n) is 1.55. The minimum absolute atomic E-state index is 0.651. The SMILES string of the molecule is O=CCCCCNCl. The number of carbonyl (C=O) groups is 1. The third-order valence-corrected chi connectivity index (χ3v) is 1.03. The topological polar surface area (TPSA) is 29.1 Å². The summed E-state index contributed by atoms with van der Waals surface area (Å²) in [6.07, 6.45) is 3.48. The molecule has 0 saturated heterocycles. The van der Waals surface area contributed by atoms with Crippen LogP contribution in [0.4, 0.5) is 0 Å². The average molecular weight is 136 g/mol. The van der Waals surface area contributed by atoms with Crippen LogP contribution < -0.4 is 4.84 Å². The summed E-state index contributed by atoms with van der Waals surface area (Å²) in [5.41, 5.74) is 0. The fourth-order valence-electron chi connectivity index (χ4n) is 0.419. The van der Waals surface area contributed by atoms with E-state index in [9.17, 15) is 4.79 Å². The molecular weight excluding hydrogens is 126 g/mol. The Kier molecular flexibility index (Phi) is 6.85. The summed E-state index contributed by atoms with van der Waals surface area (Å²) in [6, 6.07) is 0. The molecule has 0 rings (SSSR count). The molecule has 3 heteroatoms. The predicted octanol–water partition coefficient (Wildman–Crippen LogP) is 1.10. The largest absolute Gasteiger partial charge is 0.303 e. The van der Waals surface area contributed by atoms with E-state index in [-0.39, 0.29) is 0 Å². The molecule has 0 spiro atoms. The molecule has 0 fully saturated rings. The standard InChI is InChI=1S/C5H10ClNO/c6-7-4-2-1-3-5-8/h5,7H,1-4H2. The fraction of sp³-hybridized carbons (Fsp3) is 0.800. The van der Waals surface area contributed by atoms with Crippen molar-refractivity contribution in [1.82, 2.24) is 4.84 Å². The van der Waals surface area contributed by atoms with Crippen LogP contribution in [0.3, 0.4) is 0 Å². The molecule has 0 radical (unpaired) electrons. The fourth-order valence-corrected chi connectivity index (χ4v) is 0.553. The van der Waals surface area contributed by atoms with Gasteiger partial charge in [-0.05, 0) is 24.6 Å². The molecular formula is C5H10ClNO. The van der Waals surface area contributed by atoms with Gasteiger partial charge < -0.3 is 4.79 Å². The van der Waals surface area contributed by atoms with Crippen LogP contribution in [0.1, 0.15) is 19.3 Å². The first-order chi connectivity index (χ1) is 3.91. The Balaban J connectivity index is 2.62. The van der Waals surface area contributed by atoms with Gasteiger partial charge in [0.2, 0.25) is 0 Å². The maximum Gasteiger partial charge on any atom is 0.119 e. The van der Waals surface area contributed by atoms with Gasteiger partial charge in [0.15, 0.2) is 0 Å². The number of aldehydes is 1. The van der Waals surface area contributed by atoms with E-state index < -0.39 is 0 Å². The monoisotopic (exact) mass is 135 g/mol. The Morgan fingerprint density at radius 1 is 1.50 bits per heavy atom. The van der Waals surface area contributed by atoms with Crippen LogP contribution in [0.5, 0.6) is 0 Å². The third-order valence-electron chi connectivity index (χ3n) is 0.843. The van der Waals surface area contributed by atoms with E-state index in [0.29, 0.717) is 6.42 Å². The lowest BCUT2D eigenvalue weighted by Gasteiger charge is -1.90. The van der Waals surface area contributed by atoms with E-state index >= 15 is 0 Å². The first-order valence-corrected chi connectivity index (χ1v) is 3.06. The molecule has 1 N–H and O–H groups in total. The first-order valence-electron chi connectivity index (χ1n) is 2.69. The first kappa shape index (κ1) is 7.92. The third kappa shape index (κ3) is 5.92. The van der Waals surface area contributed by atoms with Crippen molar-refractivity contribution >= 4 is 18.1 Å². The van der Waals surface area contributed by atoms with Crippen LogP contribution in [-0.2, 0) is 4.79 Å². The number of unbranched alkanes of at least 4 members (excludes halogenated alkanes) is 2. The molecule has 48 valence electrons. The molecule has 0 heterocycles. The number of rotatable bonds is 5. The molecule has 0 amide bonds. The lowest BCUT2D eigenvalue weighted by Crippen LogP contribution is -1.99. The Morgan fingerprint density at radius 3 is 2.75 bits per heavy atom. The highest BCUT2D eigenvalue weighted by atomic mass is 35.5. The maximum atomic E-state index is 9.71. The molecule has 0 aliphatic heterocycles. The summed E-state index contributed by atoms with van der Waals surface area (Å²) in [4.78, 5) is 12.2. The molecule has 0 aliphatic carbocycles. The van der Waals surface area contributed by atoms with Crippen LogP contribution in [0.2, 0.25) is 0 Å². The molecule has 0 unspecified atom stereocenters. The molecule has 0 aliphatic rings. The highest BCUT2D eigenvalue weighted by Gasteiger charge is 1.83. The van der Waals surface area contributed by atoms with Gasteiger partial charge in [0.1, 0.15) is 6.29 Å².